The minimum Gasteiger partial charge on any atom is -0.339 e. The van der Waals surface area contributed by atoms with Crippen molar-refractivity contribution in [1.82, 2.24) is 9.88 Å². The summed E-state index contributed by atoms with van der Waals surface area (Å²) in [6.45, 7) is 7.06. The number of hydrogen-bond acceptors (Lipinski definition) is 3. The Hall–Kier alpha value is -2.69. The molecule has 1 aromatic heterocycles. The summed E-state index contributed by atoms with van der Waals surface area (Å²) in [4.78, 5) is 30.4. The molecule has 0 spiro atoms. The van der Waals surface area contributed by atoms with Crippen LogP contribution < -0.4 is 5.32 Å². The maximum atomic E-state index is 12.4. The summed E-state index contributed by atoms with van der Waals surface area (Å²) in [5, 5.41) is 2.80. The standard InChI is InChI=1S/C18H21N3O2/c1-4-21(5-2)18(23)14-7-6-8-16(11-14)20-17(22)15-10-9-13(3)19-12-15/h6-12H,4-5H2,1-3H3,(H,20,22). The molecule has 0 saturated carbocycles. The number of nitrogens with zero attached hydrogens (tertiary/aromatic N) is 2. The van der Waals surface area contributed by atoms with E-state index >= 15 is 0 Å². The van der Waals surface area contributed by atoms with Crippen molar-refractivity contribution >= 4 is 17.5 Å². The van der Waals surface area contributed by atoms with Crippen LogP contribution in [0.2, 0.25) is 0 Å². The third kappa shape index (κ3) is 4.16. The Balaban J connectivity index is 2.15. The number of amides is 2. The number of anilines is 1. The molecule has 5 nitrogen and oxygen atoms in total. The Labute approximate surface area is 136 Å². The first kappa shape index (κ1) is 16.7. The minimum atomic E-state index is -0.245. The van der Waals surface area contributed by atoms with Gasteiger partial charge in [-0.25, -0.2) is 0 Å². The molecule has 0 fully saturated rings. The predicted octanol–water partition coefficient (Wildman–Crippen LogP) is 3.12. The number of pyridine rings is 1. The van der Waals surface area contributed by atoms with Crippen molar-refractivity contribution in [1.29, 1.82) is 0 Å². The molecule has 1 aromatic carbocycles. The Morgan fingerprint density at radius 2 is 1.83 bits per heavy atom. The first-order chi connectivity index (χ1) is 11.0. The average Bonchev–Trinajstić information content (AvgIpc) is 2.56. The monoisotopic (exact) mass is 311 g/mol. The van der Waals surface area contributed by atoms with Crippen LogP contribution in [0.4, 0.5) is 5.69 Å². The van der Waals surface area contributed by atoms with Crippen LogP contribution in [0.3, 0.4) is 0 Å². The largest absolute Gasteiger partial charge is 0.339 e. The zero-order valence-corrected chi connectivity index (χ0v) is 13.7. The molecule has 0 aliphatic carbocycles. The van der Waals surface area contributed by atoms with E-state index in [-0.39, 0.29) is 11.8 Å². The SMILES string of the molecule is CCN(CC)C(=O)c1cccc(NC(=O)c2ccc(C)nc2)c1. The van der Waals surface area contributed by atoms with Crippen LogP contribution >= 0.6 is 0 Å². The van der Waals surface area contributed by atoms with E-state index in [1.54, 1.807) is 41.3 Å². The second-order valence-corrected chi connectivity index (χ2v) is 5.20. The molecule has 23 heavy (non-hydrogen) atoms. The molecule has 0 bridgehead atoms. The number of rotatable bonds is 5. The molecular weight excluding hydrogens is 290 g/mol. The molecular formula is C18H21N3O2. The van der Waals surface area contributed by atoms with Gasteiger partial charge in [-0.05, 0) is 51.1 Å². The van der Waals surface area contributed by atoms with Crippen molar-refractivity contribution in [3.8, 4) is 0 Å². The van der Waals surface area contributed by atoms with Gasteiger partial charge in [-0.1, -0.05) is 6.07 Å². The number of nitrogens with one attached hydrogen (secondary N) is 1. The Morgan fingerprint density at radius 1 is 1.09 bits per heavy atom. The van der Waals surface area contributed by atoms with E-state index in [0.717, 1.165) is 5.69 Å². The molecule has 2 amide bonds. The van der Waals surface area contributed by atoms with E-state index in [9.17, 15) is 9.59 Å². The number of aromatic nitrogens is 1. The number of hydrogen-bond donors (Lipinski definition) is 1. The lowest BCUT2D eigenvalue weighted by Crippen LogP contribution is -2.30. The molecule has 0 aliphatic heterocycles. The Morgan fingerprint density at radius 3 is 2.43 bits per heavy atom. The van der Waals surface area contributed by atoms with Crippen molar-refractivity contribution in [2.24, 2.45) is 0 Å². The predicted molar refractivity (Wildman–Crippen MR) is 90.6 cm³/mol. The smallest absolute Gasteiger partial charge is 0.257 e. The third-order valence-corrected chi connectivity index (χ3v) is 3.59. The van der Waals surface area contributed by atoms with E-state index in [4.69, 9.17) is 0 Å². The van der Waals surface area contributed by atoms with Gasteiger partial charge in [0.15, 0.2) is 0 Å². The van der Waals surface area contributed by atoms with Crippen LogP contribution in [0, 0.1) is 6.92 Å². The van der Waals surface area contributed by atoms with Crippen LogP contribution in [0.5, 0.6) is 0 Å². The minimum absolute atomic E-state index is 0.0388. The van der Waals surface area contributed by atoms with Crippen LogP contribution in [0.1, 0.15) is 40.3 Å². The molecule has 0 atom stereocenters. The van der Waals surface area contributed by atoms with Crippen molar-refractivity contribution in [2.45, 2.75) is 20.8 Å². The van der Waals surface area contributed by atoms with Gasteiger partial charge in [-0.2, -0.15) is 0 Å². The molecule has 1 N–H and O–H groups in total. The molecule has 0 unspecified atom stereocenters. The van der Waals surface area contributed by atoms with E-state index in [1.165, 1.54) is 6.20 Å². The molecule has 0 aliphatic rings. The Kier molecular flexibility index (Phi) is 5.46. The van der Waals surface area contributed by atoms with Crippen molar-refractivity contribution in [3.05, 3.63) is 59.4 Å². The van der Waals surface area contributed by atoms with E-state index in [2.05, 4.69) is 10.3 Å². The lowest BCUT2D eigenvalue weighted by atomic mass is 10.1. The fourth-order valence-corrected chi connectivity index (χ4v) is 2.23. The zero-order valence-electron chi connectivity index (χ0n) is 13.7. The maximum Gasteiger partial charge on any atom is 0.257 e. The number of aryl methyl sites for hydroxylation is 1. The normalized spacial score (nSPS) is 10.2. The molecule has 2 rings (SSSR count). The highest BCUT2D eigenvalue weighted by Gasteiger charge is 2.13. The first-order valence-corrected chi connectivity index (χ1v) is 7.68. The van der Waals surface area contributed by atoms with Gasteiger partial charge in [0.05, 0.1) is 5.56 Å². The van der Waals surface area contributed by atoms with Crippen LogP contribution in [-0.4, -0.2) is 34.8 Å². The molecule has 2 aromatic rings. The number of benzene rings is 1. The van der Waals surface area contributed by atoms with Crippen LogP contribution in [0.25, 0.3) is 0 Å². The van der Waals surface area contributed by atoms with Crippen molar-refractivity contribution in [2.75, 3.05) is 18.4 Å². The van der Waals surface area contributed by atoms with Crippen LogP contribution in [0.15, 0.2) is 42.6 Å². The molecule has 0 saturated heterocycles. The number of carbonyl (C=O) groups excluding carboxylic acids is 2. The van der Waals surface area contributed by atoms with E-state index in [0.29, 0.717) is 29.9 Å². The second kappa shape index (κ2) is 7.54. The van der Waals surface area contributed by atoms with E-state index < -0.39 is 0 Å². The highest BCUT2D eigenvalue weighted by atomic mass is 16.2. The lowest BCUT2D eigenvalue weighted by molar-refractivity contribution is 0.0772. The van der Waals surface area contributed by atoms with Gasteiger partial charge in [0.25, 0.3) is 11.8 Å². The van der Waals surface area contributed by atoms with Crippen molar-refractivity contribution < 1.29 is 9.59 Å². The quantitative estimate of drug-likeness (QED) is 0.923. The third-order valence-electron chi connectivity index (χ3n) is 3.59. The number of carbonyl (C=O) groups is 2. The highest BCUT2D eigenvalue weighted by molar-refractivity contribution is 6.05. The van der Waals surface area contributed by atoms with Gasteiger partial charge in [-0.3, -0.25) is 14.6 Å². The van der Waals surface area contributed by atoms with Gasteiger partial charge in [0.1, 0.15) is 0 Å². The molecule has 1 heterocycles. The van der Waals surface area contributed by atoms with Gasteiger partial charge in [-0.15, -0.1) is 0 Å². The summed E-state index contributed by atoms with van der Waals surface area (Å²) in [5.74, 6) is -0.284. The fourth-order valence-electron chi connectivity index (χ4n) is 2.23. The summed E-state index contributed by atoms with van der Waals surface area (Å²) in [6.07, 6.45) is 1.54. The van der Waals surface area contributed by atoms with E-state index in [1.807, 2.05) is 20.8 Å². The molecule has 0 radical (unpaired) electrons. The summed E-state index contributed by atoms with van der Waals surface area (Å²) in [6, 6.07) is 10.5. The Bertz CT molecular complexity index is 692. The lowest BCUT2D eigenvalue weighted by Gasteiger charge is -2.19. The first-order valence-electron chi connectivity index (χ1n) is 7.68. The summed E-state index contributed by atoms with van der Waals surface area (Å²) in [5.41, 5.74) is 2.49. The average molecular weight is 311 g/mol. The summed E-state index contributed by atoms with van der Waals surface area (Å²) < 4.78 is 0. The molecule has 5 heteroatoms. The molecule has 120 valence electrons. The summed E-state index contributed by atoms with van der Waals surface area (Å²) in [7, 11) is 0. The highest BCUT2D eigenvalue weighted by Crippen LogP contribution is 2.14. The van der Waals surface area contributed by atoms with Gasteiger partial charge < -0.3 is 10.2 Å². The second-order valence-electron chi connectivity index (χ2n) is 5.20. The fraction of sp³-hybridized carbons (Fsp3) is 0.278. The topological polar surface area (TPSA) is 62.3 Å². The summed E-state index contributed by atoms with van der Waals surface area (Å²) >= 11 is 0. The van der Waals surface area contributed by atoms with Gasteiger partial charge in [0, 0.05) is 36.2 Å². The maximum absolute atomic E-state index is 12.4. The van der Waals surface area contributed by atoms with Crippen molar-refractivity contribution in [3.63, 3.8) is 0 Å². The van der Waals surface area contributed by atoms with Gasteiger partial charge in [0.2, 0.25) is 0 Å². The zero-order chi connectivity index (χ0) is 16.8. The van der Waals surface area contributed by atoms with Gasteiger partial charge >= 0.3 is 0 Å². The van der Waals surface area contributed by atoms with Crippen LogP contribution in [-0.2, 0) is 0 Å².